The van der Waals surface area contributed by atoms with E-state index in [2.05, 4.69) is 42.2 Å². The molecule has 1 aromatic heterocycles. The first-order valence-corrected chi connectivity index (χ1v) is 14.4. The van der Waals surface area contributed by atoms with Crippen LogP contribution in [0.4, 0.5) is 0 Å². The average Bonchev–Trinajstić information content (AvgIpc) is 3.10. The number of hydrogen-bond donors (Lipinski definition) is 0. The largest absolute Gasteiger partial charge is 0.504 e. The first-order valence-electron chi connectivity index (χ1n) is 8.21. The lowest BCUT2D eigenvalue weighted by atomic mass is 10.2. The molecule has 0 fully saturated rings. The third-order valence-corrected chi connectivity index (χ3v) is 12.0. The molecule has 9 heteroatoms. The minimum atomic E-state index is -2.68. The number of aryl methyl sites for hydroxylation is 1. The van der Waals surface area contributed by atoms with Gasteiger partial charge in [-0.15, -0.1) is 11.3 Å². The summed E-state index contributed by atoms with van der Waals surface area (Å²) >= 11 is 1.72. The maximum atomic E-state index is 5.61. The molecule has 0 atom stereocenters. The topological polar surface area (TPSA) is 40.6 Å². The second-order valence-electron chi connectivity index (χ2n) is 5.77. The van der Waals surface area contributed by atoms with Gasteiger partial charge in [-0.25, -0.2) is 4.98 Å². The zero-order valence-electron chi connectivity index (χ0n) is 15.6. The van der Waals surface area contributed by atoms with Crippen LogP contribution in [0.15, 0.2) is 51.7 Å². The van der Waals surface area contributed by atoms with Gasteiger partial charge < -0.3 is 13.3 Å². The van der Waals surface area contributed by atoms with Crippen LogP contribution in [0.1, 0.15) is 11.1 Å². The van der Waals surface area contributed by atoms with Gasteiger partial charge in [-0.2, -0.15) is 0 Å². The molecule has 27 heavy (non-hydrogen) atoms. The van der Waals surface area contributed by atoms with Crippen LogP contribution in [-0.2, 0) is 19.3 Å². The first kappa shape index (κ1) is 21.2. The fraction of sp³-hybridized carbons (Fsp3) is 0.278. The summed E-state index contributed by atoms with van der Waals surface area (Å²) < 4.78 is 19.1. The molecule has 0 N–H and O–H groups in total. The van der Waals surface area contributed by atoms with Gasteiger partial charge in [0.1, 0.15) is 0 Å². The minimum absolute atomic E-state index is 0.646. The van der Waals surface area contributed by atoms with E-state index in [0.29, 0.717) is 6.04 Å². The zero-order chi connectivity index (χ0) is 19.3. The molecule has 0 aliphatic rings. The highest BCUT2D eigenvalue weighted by molar-refractivity contribution is 9.09. The van der Waals surface area contributed by atoms with Gasteiger partial charge in [-0.05, 0) is 62.1 Å². The Morgan fingerprint density at radius 3 is 2.44 bits per heavy atom. The van der Waals surface area contributed by atoms with Gasteiger partial charge in [0.15, 0.2) is 4.34 Å². The van der Waals surface area contributed by atoms with Crippen molar-refractivity contribution in [1.82, 2.24) is 4.98 Å². The summed E-state index contributed by atoms with van der Waals surface area (Å²) in [6.45, 7) is 2.09. The maximum absolute atomic E-state index is 5.61. The van der Waals surface area contributed by atoms with E-state index < -0.39 is 8.80 Å². The SMILES string of the molecule is CO[Si](Cc1cc(C)ccc1SSSc1nc2ccccc2s1)(OC)OC. The zero-order valence-corrected chi connectivity index (χ0v) is 19.8. The molecule has 0 aliphatic heterocycles. The molecule has 0 saturated carbocycles. The van der Waals surface area contributed by atoms with Gasteiger partial charge in [0.2, 0.25) is 0 Å². The number of hydrogen-bond acceptors (Lipinski definition) is 8. The molecule has 4 nitrogen and oxygen atoms in total. The molecule has 2 aromatic carbocycles. The van der Waals surface area contributed by atoms with Crippen molar-refractivity contribution in [2.24, 2.45) is 0 Å². The minimum Gasteiger partial charge on any atom is -0.377 e. The van der Waals surface area contributed by atoms with Gasteiger partial charge >= 0.3 is 8.80 Å². The molecule has 1 heterocycles. The van der Waals surface area contributed by atoms with Crippen LogP contribution in [0, 0.1) is 6.92 Å². The number of aromatic nitrogens is 1. The summed E-state index contributed by atoms with van der Waals surface area (Å²) in [4.78, 5) is 5.87. The molecule has 0 amide bonds. The van der Waals surface area contributed by atoms with Crippen LogP contribution in [0.25, 0.3) is 10.2 Å². The summed E-state index contributed by atoms with van der Waals surface area (Å²) in [5.41, 5.74) is 3.46. The Labute approximate surface area is 176 Å². The number of nitrogens with zero attached hydrogens (tertiary/aromatic N) is 1. The predicted molar refractivity (Wildman–Crippen MR) is 121 cm³/mol. The summed E-state index contributed by atoms with van der Waals surface area (Å²) in [6.07, 6.45) is 0. The summed E-state index contributed by atoms with van der Waals surface area (Å²) in [7, 11) is 7.43. The number of thiazole rings is 1. The van der Waals surface area contributed by atoms with Gasteiger partial charge in [0.25, 0.3) is 0 Å². The highest BCUT2D eigenvalue weighted by Gasteiger charge is 2.38. The summed E-state index contributed by atoms with van der Waals surface area (Å²) in [5.74, 6) is 0. The Bertz CT molecular complexity index is 860. The monoisotopic (exact) mass is 455 g/mol. The van der Waals surface area contributed by atoms with Crippen molar-refractivity contribution in [3.05, 3.63) is 53.6 Å². The highest BCUT2D eigenvalue weighted by Crippen LogP contribution is 2.47. The smallest absolute Gasteiger partial charge is 0.377 e. The molecule has 144 valence electrons. The molecule has 0 bridgehead atoms. The van der Waals surface area contributed by atoms with Crippen LogP contribution >= 0.6 is 42.8 Å². The van der Waals surface area contributed by atoms with Gasteiger partial charge in [-0.3, -0.25) is 0 Å². The molecule has 3 aromatic rings. The van der Waals surface area contributed by atoms with Crippen LogP contribution < -0.4 is 0 Å². The lowest BCUT2D eigenvalue weighted by Crippen LogP contribution is -2.45. The second kappa shape index (κ2) is 9.79. The van der Waals surface area contributed by atoms with Crippen LogP contribution in [-0.4, -0.2) is 35.1 Å². The van der Waals surface area contributed by atoms with E-state index in [0.717, 1.165) is 9.86 Å². The van der Waals surface area contributed by atoms with E-state index in [1.165, 1.54) is 20.7 Å². The molecular formula is C18H21NO3S4Si. The van der Waals surface area contributed by atoms with Gasteiger partial charge in [0, 0.05) is 32.3 Å². The molecule has 0 spiro atoms. The van der Waals surface area contributed by atoms with Crippen LogP contribution in [0.2, 0.25) is 0 Å². The number of fused-ring (bicyclic) bond motifs is 1. The van der Waals surface area contributed by atoms with E-state index in [-0.39, 0.29) is 0 Å². The van der Waals surface area contributed by atoms with Crippen molar-refractivity contribution in [3.8, 4) is 0 Å². The lowest BCUT2D eigenvalue weighted by molar-refractivity contribution is 0.122. The van der Waals surface area contributed by atoms with E-state index in [4.69, 9.17) is 13.3 Å². The third-order valence-electron chi connectivity index (χ3n) is 4.06. The molecule has 0 aliphatic carbocycles. The Morgan fingerprint density at radius 2 is 1.74 bits per heavy atom. The van der Waals surface area contributed by atoms with Crippen molar-refractivity contribution in [1.29, 1.82) is 0 Å². The molecule has 0 radical (unpaired) electrons. The predicted octanol–water partition coefficient (Wildman–Crippen LogP) is 6.01. The molecule has 3 rings (SSSR count). The Hall–Kier alpha value is -0.523. The van der Waals surface area contributed by atoms with E-state index >= 15 is 0 Å². The molecule has 0 saturated heterocycles. The lowest BCUT2D eigenvalue weighted by Gasteiger charge is -2.25. The average molecular weight is 456 g/mol. The molecular weight excluding hydrogens is 435 g/mol. The maximum Gasteiger partial charge on any atom is 0.504 e. The van der Waals surface area contributed by atoms with E-state index in [1.54, 1.807) is 64.1 Å². The summed E-state index contributed by atoms with van der Waals surface area (Å²) in [5, 5.41) is 0. The van der Waals surface area contributed by atoms with Crippen molar-refractivity contribution in [2.75, 3.05) is 21.3 Å². The highest BCUT2D eigenvalue weighted by atomic mass is 33.5. The first-order chi connectivity index (χ1) is 13.1. The fourth-order valence-corrected chi connectivity index (χ4v) is 9.82. The van der Waals surface area contributed by atoms with Gasteiger partial charge in [0.05, 0.1) is 10.2 Å². The van der Waals surface area contributed by atoms with Crippen molar-refractivity contribution in [3.63, 3.8) is 0 Å². The van der Waals surface area contributed by atoms with Crippen molar-refractivity contribution < 1.29 is 13.3 Å². The van der Waals surface area contributed by atoms with Crippen LogP contribution in [0.3, 0.4) is 0 Å². The Morgan fingerprint density at radius 1 is 1.00 bits per heavy atom. The number of benzene rings is 2. The van der Waals surface area contributed by atoms with Crippen molar-refractivity contribution >= 4 is 61.8 Å². The second-order valence-corrected chi connectivity index (χ2v) is 13.9. The number of rotatable bonds is 9. The Kier molecular flexibility index (Phi) is 7.69. The third kappa shape index (κ3) is 5.30. The van der Waals surface area contributed by atoms with Crippen LogP contribution in [0.5, 0.6) is 0 Å². The van der Waals surface area contributed by atoms with E-state index in [1.807, 2.05) is 12.1 Å². The normalized spacial score (nSPS) is 12.0. The quantitative estimate of drug-likeness (QED) is 0.289. The standard InChI is InChI=1S/C18H21NO3S4Si/c1-13-9-10-16(14(11-13)12-27(20-2,21-3)22-4)24-26-25-18-19-15-7-5-6-8-17(15)23-18/h5-11H,12H2,1-4H3. The summed E-state index contributed by atoms with van der Waals surface area (Å²) in [6, 6.07) is 15.3. The van der Waals surface area contributed by atoms with Gasteiger partial charge in [-0.1, -0.05) is 29.8 Å². The Balaban J connectivity index is 1.70. The van der Waals surface area contributed by atoms with E-state index in [9.17, 15) is 0 Å². The fourth-order valence-electron chi connectivity index (χ4n) is 2.60. The number of para-hydroxylation sites is 1. The molecule has 0 unspecified atom stereocenters. The van der Waals surface area contributed by atoms with Crippen molar-refractivity contribution in [2.45, 2.75) is 22.2 Å².